The Bertz CT molecular complexity index is 233. The van der Waals surface area contributed by atoms with Crippen LogP contribution in [0.3, 0.4) is 0 Å². The maximum atomic E-state index is 11.3. The fourth-order valence-electron chi connectivity index (χ4n) is 1.97. The van der Waals surface area contributed by atoms with Gasteiger partial charge >= 0.3 is 0 Å². The summed E-state index contributed by atoms with van der Waals surface area (Å²) in [5.41, 5.74) is 0. The predicted molar refractivity (Wildman–Crippen MR) is 63.2 cm³/mol. The average Bonchev–Trinajstić information content (AvgIpc) is 2.19. The lowest BCUT2D eigenvalue weighted by Gasteiger charge is -2.31. The van der Waals surface area contributed by atoms with Crippen molar-refractivity contribution >= 4 is 5.91 Å². The van der Waals surface area contributed by atoms with Crippen LogP contribution in [0.1, 0.15) is 12.8 Å². The first-order chi connectivity index (χ1) is 7.49. The maximum Gasteiger partial charge on any atom is 0.222 e. The van der Waals surface area contributed by atoms with Crippen molar-refractivity contribution in [2.75, 3.05) is 40.8 Å². The van der Waals surface area contributed by atoms with Gasteiger partial charge in [-0.05, 0) is 20.5 Å². The number of hydrogen-bond donors (Lipinski definition) is 2. The standard InChI is InChI=1S/C11H23N3O2/c1-13(2)8-10(15)6-12-9-4-5-11(16)14(3)7-9/h9-10,12,15H,4-8H2,1-3H3. The van der Waals surface area contributed by atoms with Crippen LogP contribution in [0.2, 0.25) is 0 Å². The molecule has 94 valence electrons. The van der Waals surface area contributed by atoms with E-state index in [1.54, 1.807) is 4.90 Å². The average molecular weight is 229 g/mol. The van der Waals surface area contributed by atoms with E-state index in [-0.39, 0.29) is 12.0 Å². The predicted octanol–water partition coefficient (Wildman–Crippen LogP) is -0.881. The number of likely N-dealkylation sites (tertiary alicyclic amines) is 1. The van der Waals surface area contributed by atoms with Gasteiger partial charge in [-0.1, -0.05) is 0 Å². The van der Waals surface area contributed by atoms with E-state index in [1.807, 2.05) is 26.0 Å². The quantitative estimate of drug-likeness (QED) is 0.643. The van der Waals surface area contributed by atoms with Crippen LogP contribution in [-0.2, 0) is 4.79 Å². The van der Waals surface area contributed by atoms with Gasteiger partial charge in [-0.25, -0.2) is 0 Å². The van der Waals surface area contributed by atoms with Crippen LogP contribution in [-0.4, -0.2) is 73.7 Å². The minimum Gasteiger partial charge on any atom is -0.390 e. The van der Waals surface area contributed by atoms with Gasteiger partial charge in [0, 0.05) is 39.1 Å². The van der Waals surface area contributed by atoms with Crippen LogP contribution in [0, 0.1) is 0 Å². The van der Waals surface area contributed by atoms with Gasteiger partial charge in [0.15, 0.2) is 0 Å². The van der Waals surface area contributed by atoms with E-state index in [2.05, 4.69) is 5.32 Å². The summed E-state index contributed by atoms with van der Waals surface area (Å²) < 4.78 is 0. The Morgan fingerprint density at radius 1 is 1.62 bits per heavy atom. The highest BCUT2D eigenvalue weighted by Gasteiger charge is 2.22. The molecule has 0 aromatic heterocycles. The number of rotatable bonds is 5. The number of nitrogens with one attached hydrogen (secondary N) is 1. The molecule has 0 saturated carbocycles. The van der Waals surface area contributed by atoms with Crippen molar-refractivity contribution in [1.82, 2.24) is 15.1 Å². The lowest BCUT2D eigenvalue weighted by atomic mass is 10.1. The number of hydrogen-bond acceptors (Lipinski definition) is 4. The summed E-state index contributed by atoms with van der Waals surface area (Å²) in [4.78, 5) is 15.0. The van der Waals surface area contributed by atoms with Crippen LogP contribution in [0.5, 0.6) is 0 Å². The third kappa shape index (κ3) is 4.47. The highest BCUT2D eigenvalue weighted by atomic mass is 16.3. The summed E-state index contributed by atoms with van der Waals surface area (Å²) in [6, 6.07) is 0.319. The Morgan fingerprint density at radius 2 is 2.31 bits per heavy atom. The van der Waals surface area contributed by atoms with Crippen molar-refractivity contribution in [3.05, 3.63) is 0 Å². The van der Waals surface area contributed by atoms with Gasteiger partial charge in [-0.15, -0.1) is 0 Å². The number of aliphatic hydroxyl groups excluding tert-OH is 1. The molecule has 1 aliphatic heterocycles. The van der Waals surface area contributed by atoms with E-state index in [1.165, 1.54) is 0 Å². The smallest absolute Gasteiger partial charge is 0.222 e. The number of carbonyl (C=O) groups is 1. The van der Waals surface area contributed by atoms with E-state index >= 15 is 0 Å². The summed E-state index contributed by atoms with van der Waals surface area (Å²) in [7, 11) is 5.71. The molecule has 5 heteroatoms. The molecule has 16 heavy (non-hydrogen) atoms. The van der Waals surface area contributed by atoms with E-state index < -0.39 is 0 Å². The monoisotopic (exact) mass is 229 g/mol. The Balaban J connectivity index is 2.20. The van der Waals surface area contributed by atoms with Crippen molar-refractivity contribution in [3.63, 3.8) is 0 Å². The number of nitrogens with zero attached hydrogens (tertiary/aromatic N) is 2. The Labute approximate surface area is 97.4 Å². The van der Waals surface area contributed by atoms with Crippen molar-refractivity contribution < 1.29 is 9.90 Å². The number of amides is 1. The normalized spacial score (nSPS) is 23.9. The zero-order valence-electron chi connectivity index (χ0n) is 10.4. The zero-order chi connectivity index (χ0) is 12.1. The molecular formula is C11H23N3O2. The largest absolute Gasteiger partial charge is 0.390 e. The van der Waals surface area contributed by atoms with Gasteiger partial charge in [0.25, 0.3) is 0 Å². The summed E-state index contributed by atoms with van der Waals surface area (Å²) >= 11 is 0. The fraction of sp³-hybridized carbons (Fsp3) is 0.909. The fourth-order valence-corrected chi connectivity index (χ4v) is 1.97. The summed E-state index contributed by atoms with van der Waals surface area (Å²) in [5.74, 6) is 0.215. The topological polar surface area (TPSA) is 55.8 Å². The first kappa shape index (κ1) is 13.4. The summed E-state index contributed by atoms with van der Waals surface area (Å²) in [5, 5.41) is 13.0. The molecule has 2 unspecified atom stereocenters. The maximum absolute atomic E-state index is 11.3. The van der Waals surface area contributed by atoms with Crippen molar-refractivity contribution in [3.8, 4) is 0 Å². The minimum atomic E-state index is -0.349. The molecular weight excluding hydrogens is 206 g/mol. The molecule has 0 aromatic carbocycles. The summed E-state index contributed by atoms with van der Waals surface area (Å²) in [6.45, 7) is 1.99. The molecule has 0 aromatic rings. The minimum absolute atomic E-state index is 0.215. The van der Waals surface area contributed by atoms with E-state index in [9.17, 15) is 9.90 Å². The van der Waals surface area contributed by atoms with Crippen molar-refractivity contribution in [2.24, 2.45) is 0 Å². The highest BCUT2D eigenvalue weighted by molar-refractivity contribution is 5.76. The summed E-state index contributed by atoms with van der Waals surface area (Å²) in [6.07, 6.45) is 1.13. The second kappa shape index (κ2) is 6.18. The van der Waals surface area contributed by atoms with Crippen molar-refractivity contribution in [2.45, 2.75) is 25.0 Å². The lowest BCUT2D eigenvalue weighted by molar-refractivity contribution is -0.132. The molecule has 0 bridgehead atoms. The molecule has 2 N–H and O–H groups in total. The van der Waals surface area contributed by atoms with Gasteiger partial charge in [-0.3, -0.25) is 4.79 Å². The van der Waals surface area contributed by atoms with Crippen LogP contribution in [0.15, 0.2) is 0 Å². The number of carbonyl (C=O) groups excluding carboxylic acids is 1. The van der Waals surface area contributed by atoms with Crippen LogP contribution >= 0.6 is 0 Å². The van der Waals surface area contributed by atoms with Gasteiger partial charge in [-0.2, -0.15) is 0 Å². The van der Waals surface area contributed by atoms with Gasteiger partial charge < -0.3 is 20.2 Å². The Hall–Kier alpha value is -0.650. The van der Waals surface area contributed by atoms with Gasteiger partial charge in [0.1, 0.15) is 0 Å². The zero-order valence-corrected chi connectivity index (χ0v) is 10.4. The van der Waals surface area contributed by atoms with Crippen LogP contribution < -0.4 is 5.32 Å². The molecule has 1 fully saturated rings. The molecule has 2 atom stereocenters. The molecule has 0 radical (unpaired) electrons. The highest BCUT2D eigenvalue weighted by Crippen LogP contribution is 2.09. The van der Waals surface area contributed by atoms with Crippen LogP contribution in [0.4, 0.5) is 0 Å². The molecule has 1 saturated heterocycles. The Morgan fingerprint density at radius 3 is 2.88 bits per heavy atom. The number of aliphatic hydroxyl groups is 1. The molecule has 1 aliphatic rings. The molecule has 0 aliphatic carbocycles. The van der Waals surface area contributed by atoms with E-state index in [0.29, 0.717) is 25.6 Å². The van der Waals surface area contributed by atoms with Gasteiger partial charge in [0.05, 0.1) is 6.10 Å². The molecule has 1 rings (SSSR count). The van der Waals surface area contributed by atoms with E-state index in [0.717, 1.165) is 13.0 Å². The molecule has 0 spiro atoms. The van der Waals surface area contributed by atoms with Crippen molar-refractivity contribution in [1.29, 1.82) is 0 Å². The second-order valence-electron chi connectivity index (χ2n) is 4.83. The number of likely N-dealkylation sites (N-methyl/N-ethyl adjacent to an activating group) is 2. The lowest BCUT2D eigenvalue weighted by Crippen LogP contribution is -2.49. The number of piperidine rings is 1. The SMILES string of the molecule is CN(C)CC(O)CNC1CCC(=O)N(C)C1. The third-order valence-corrected chi connectivity index (χ3v) is 2.84. The molecule has 5 nitrogen and oxygen atoms in total. The second-order valence-corrected chi connectivity index (χ2v) is 4.83. The molecule has 1 amide bonds. The Kier molecular flexibility index (Phi) is 5.18. The molecule has 1 heterocycles. The van der Waals surface area contributed by atoms with Gasteiger partial charge in [0.2, 0.25) is 5.91 Å². The first-order valence-corrected chi connectivity index (χ1v) is 5.79. The van der Waals surface area contributed by atoms with Crippen LogP contribution in [0.25, 0.3) is 0 Å². The van der Waals surface area contributed by atoms with E-state index in [4.69, 9.17) is 0 Å². The first-order valence-electron chi connectivity index (χ1n) is 5.79. The third-order valence-electron chi connectivity index (χ3n) is 2.84.